The summed E-state index contributed by atoms with van der Waals surface area (Å²) in [7, 11) is 0. The van der Waals surface area contributed by atoms with E-state index in [4.69, 9.17) is 0 Å². The summed E-state index contributed by atoms with van der Waals surface area (Å²) in [6.07, 6.45) is 4.69. The van der Waals surface area contributed by atoms with Crippen LogP contribution in [0.3, 0.4) is 0 Å². The summed E-state index contributed by atoms with van der Waals surface area (Å²) in [4.78, 5) is 17.4. The third-order valence-electron chi connectivity index (χ3n) is 7.63. The van der Waals surface area contributed by atoms with Crippen LogP contribution in [0.25, 0.3) is 0 Å². The molecule has 2 aromatic rings. The minimum atomic E-state index is -1.65. The Labute approximate surface area is 202 Å². The molecule has 180 valence electrons. The standard InChI is InChI=1S/C27H26FN3O4/c28-20-8-6-18(7-9-20)15-30-16-22-19-10-23(32)24(33)13-26(35)12-21(25(30)34)31(22)27(26,11-19)29-14-17-4-2-1-3-5-17/h1-11,13,21-22,29,32-33,35H,12,14-16H2/b23-10+,24-13+/t21-,22-,26?,27?/m0/s1. The normalized spacial score (nSPS) is 34.5. The van der Waals surface area contributed by atoms with Gasteiger partial charge in [-0.3, -0.25) is 15.0 Å². The van der Waals surface area contributed by atoms with Crippen LogP contribution in [0.5, 0.6) is 0 Å². The number of halogens is 1. The molecule has 2 saturated heterocycles. The Bertz CT molecular complexity index is 1280. The molecule has 2 bridgehead atoms. The summed E-state index contributed by atoms with van der Waals surface area (Å²) in [5, 5.41) is 36.4. The van der Waals surface area contributed by atoms with E-state index in [0.29, 0.717) is 25.2 Å². The summed E-state index contributed by atoms with van der Waals surface area (Å²) in [6.45, 7) is 1.07. The lowest BCUT2D eigenvalue weighted by molar-refractivity contribution is -0.145. The number of benzene rings is 2. The van der Waals surface area contributed by atoms with E-state index in [1.165, 1.54) is 24.3 Å². The summed E-state index contributed by atoms with van der Waals surface area (Å²) < 4.78 is 13.4. The van der Waals surface area contributed by atoms with Crippen molar-refractivity contribution >= 4 is 5.91 Å². The van der Waals surface area contributed by atoms with Gasteiger partial charge < -0.3 is 20.2 Å². The molecule has 4 atom stereocenters. The zero-order valence-corrected chi connectivity index (χ0v) is 18.9. The number of nitrogens with one attached hydrogen (secondary N) is 1. The number of aliphatic hydroxyl groups excluding tert-OH is 2. The van der Waals surface area contributed by atoms with Gasteiger partial charge in [0.25, 0.3) is 0 Å². The molecule has 2 unspecified atom stereocenters. The van der Waals surface area contributed by atoms with Crippen molar-refractivity contribution in [2.45, 2.75) is 42.9 Å². The molecule has 35 heavy (non-hydrogen) atoms. The molecule has 2 aromatic carbocycles. The maximum atomic E-state index is 13.7. The summed E-state index contributed by atoms with van der Waals surface area (Å²) in [5.74, 6) is -1.21. The number of carbonyl (C=O) groups is 1. The zero-order chi connectivity index (χ0) is 24.4. The van der Waals surface area contributed by atoms with Crippen molar-refractivity contribution in [3.63, 3.8) is 0 Å². The Morgan fingerprint density at radius 1 is 0.971 bits per heavy atom. The van der Waals surface area contributed by atoms with Gasteiger partial charge in [-0.15, -0.1) is 0 Å². The Morgan fingerprint density at radius 3 is 2.46 bits per heavy atom. The fourth-order valence-electron chi connectivity index (χ4n) is 6.01. The van der Waals surface area contributed by atoms with Gasteiger partial charge in [0.05, 0.1) is 12.1 Å². The quantitative estimate of drug-likeness (QED) is 0.531. The van der Waals surface area contributed by atoms with E-state index >= 15 is 0 Å². The van der Waals surface area contributed by atoms with Crippen LogP contribution in [-0.4, -0.2) is 60.9 Å². The second-order valence-corrected chi connectivity index (χ2v) is 9.72. The molecule has 6 rings (SSSR count). The monoisotopic (exact) mass is 475 g/mol. The fraction of sp³-hybridized carbons (Fsp3) is 0.296. The van der Waals surface area contributed by atoms with Gasteiger partial charge in [0.15, 0.2) is 11.5 Å². The molecule has 0 aromatic heterocycles. The highest BCUT2D eigenvalue weighted by Gasteiger charge is 2.69. The van der Waals surface area contributed by atoms with E-state index < -0.39 is 23.1 Å². The van der Waals surface area contributed by atoms with Crippen LogP contribution in [0.2, 0.25) is 0 Å². The molecule has 1 aliphatic carbocycles. The minimum absolute atomic E-state index is 0.0468. The van der Waals surface area contributed by atoms with Gasteiger partial charge in [0.1, 0.15) is 17.1 Å². The highest BCUT2D eigenvalue weighted by Crippen LogP contribution is 2.53. The third kappa shape index (κ3) is 3.32. The van der Waals surface area contributed by atoms with Crippen molar-refractivity contribution in [3.05, 3.63) is 107 Å². The van der Waals surface area contributed by atoms with E-state index in [1.54, 1.807) is 17.0 Å². The molecule has 4 N–H and O–H groups in total. The van der Waals surface area contributed by atoms with E-state index in [2.05, 4.69) is 5.32 Å². The van der Waals surface area contributed by atoms with Crippen LogP contribution in [0.4, 0.5) is 4.39 Å². The average Bonchev–Trinajstić information content (AvgIpc) is 3.29. The Morgan fingerprint density at radius 2 is 1.71 bits per heavy atom. The molecule has 0 spiro atoms. The van der Waals surface area contributed by atoms with Crippen molar-refractivity contribution in [3.8, 4) is 0 Å². The molecular formula is C27H26FN3O4. The molecule has 4 aliphatic rings. The van der Waals surface area contributed by atoms with Crippen LogP contribution < -0.4 is 5.32 Å². The molecule has 7 nitrogen and oxygen atoms in total. The Balaban J connectivity index is 1.40. The van der Waals surface area contributed by atoms with Gasteiger partial charge in [-0.05, 0) is 47.1 Å². The van der Waals surface area contributed by atoms with Gasteiger partial charge in [-0.25, -0.2) is 4.39 Å². The van der Waals surface area contributed by atoms with Gasteiger partial charge in [-0.1, -0.05) is 42.5 Å². The van der Waals surface area contributed by atoms with Crippen LogP contribution in [0, 0.1) is 5.82 Å². The molecular weight excluding hydrogens is 449 g/mol. The summed E-state index contributed by atoms with van der Waals surface area (Å²) in [5.41, 5.74) is -0.267. The fourth-order valence-corrected chi connectivity index (χ4v) is 6.01. The average molecular weight is 476 g/mol. The predicted octanol–water partition coefficient (Wildman–Crippen LogP) is 2.67. The number of fused-ring (bicyclic) bond motifs is 1. The van der Waals surface area contributed by atoms with Gasteiger partial charge >= 0.3 is 0 Å². The van der Waals surface area contributed by atoms with Gasteiger partial charge in [-0.2, -0.15) is 0 Å². The third-order valence-corrected chi connectivity index (χ3v) is 7.63. The lowest BCUT2D eigenvalue weighted by atomic mass is 9.83. The van der Waals surface area contributed by atoms with Crippen LogP contribution in [0.15, 0.2) is 89.9 Å². The number of carbonyl (C=O) groups excluding carboxylic acids is 1. The molecule has 0 saturated carbocycles. The van der Waals surface area contributed by atoms with Gasteiger partial charge in [0.2, 0.25) is 5.91 Å². The molecule has 8 heteroatoms. The first-order valence-corrected chi connectivity index (χ1v) is 11.7. The number of hydrogen-bond donors (Lipinski definition) is 4. The Kier molecular flexibility index (Phi) is 4.90. The van der Waals surface area contributed by atoms with Gasteiger partial charge in [0, 0.05) is 26.1 Å². The zero-order valence-electron chi connectivity index (χ0n) is 18.9. The molecule has 3 aliphatic heterocycles. The largest absolute Gasteiger partial charge is 0.504 e. The predicted molar refractivity (Wildman–Crippen MR) is 126 cm³/mol. The number of rotatable bonds is 5. The topological polar surface area (TPSA) is 96.3 Å². The van der Waals surface area contributed by atoms with Crippen molar-refractivity contribution in [2.75, 3.05) is 6.54 Å². The number of aliphatic hydroxyl groups is 3. The molecule has 1 amide bonds. The first-order valence-electron chi connectivity index (χ1n) is 11.7. The first-order chi connectivity index (χ1) is 16.8. The number of piperazine rings is 1. The van der Waals surface area contributed by atoms with Crippen molar-refractivity contribution in [1.82, 2.24) is 15.1 Å². The minimum Gasteiger partial charge on any atom is -0.504 e. The van der Waals surface area contributed by atoms with Crippen LogP contribution in [0.1, 0.15) is 17.5 Å². The molecule has 3 heterocycles. The SMILES string of the molecule is O=C1[C@@H]2CC3(O)/C=C(O)\C(O)=C/C4=CC3(NCc3ccccc3)N2[C@H]4CN1Cc1ccc(F)cc1. The van der Waals surface area contributed by atoms with E-state index in [9.17, 15) is 24.5 Å². The highest BCUT2D eigenvalue weighted by molar-refractivity contribution is 5.85. The second-order valence-electron chi connectivity index (χ2n) is 9.72. The van der Waals surface area contributed by atoms with Crippen molar-refractivity contribution in [1.29, 1.82) is 0 Å². The highest BCUT2D eigenvalue weighted by atomic mass is 19.1. The summed E-state index contributed by atoms with van der Waals surface area (Å²) in [6, 6.07) is 14.9. The molecule has 2 fully saturated rings. The molecule has 0 radical (unpaired) electrons. The van der Waals surface area contributed by atoms with Crippen LogP contribution in [-0.2, 0) is 17.9 Å². The van der Waals surface area contributed by atoms with E-state index in [1.807, 2.05) is 41.3 Å². The summed E-state index contributed by atoms with van der Waals surface area (Å²) >= 11 is 0. The van der Waals surface area contributed by atoms with Crippen molar-refractivity contribution in [2.24, 2.45) is 0 Å². The first kappa shape index (κ1) is 22.0. The number of nitrogens with zero attached hydrogens (tertiary/aromatic N) is 2. The number of amides is 1. The maximum Gasteiger partial charge on any atom is 0.240 e. The van der Waals surface area contributed by atoms with E-state index in [0.717, 1.165) is 11.1 Å². The second kappa shape index (κ2) is 7.78. The number of hydrogen-bond acceptors (Lipinski definition) is 6. The maximum absolute atomic E-state index is 13.7. The smallest absolute Gasteiger partial charge is 0.240 e. The Hall–Kier alpha value is -3.46. The van der Waals surface area contributed by atoms with E-state index in [-0.39, 0.29) is 29.9 Å². The lowest BCUT2D eigenvalue weighted by Crippen LogP contribution is -2.68. The van der Waals surface area contributed by atoms with Crippen molar-refractivity contribution < 1.29 is 24.5 Å². The lowest BCUT2D eigenvalue weighted by Gasteiger charge is -2.47. The van der Waals surface area contributed by atoms with Crippen LogP contribution >= 0.6 is 0 Å².